The molecule has 4 N–H and O–H groups in total. The number of aromatic amines is 1. The third-order valence-electron chi connectivity index (χ3n) is 6.90. The highest BCUT2D eigenvalue weighted by Gasteiger charge is 2.32. The number of carbonyl (C=O) groups excluding carboxylic acids is 1. The van der Waals surface area contributed by atoms with Gasteiger partial charge >= 0.3 is 0 Å². The van der Waals surface area contributed by atoms with Gasteiger partial charge in [-0.15, -0.1) is 0 Å². The number of anilines is 1. The molecule has 4 aromatic heterocycles. The minimum Gasteiger partial charge on any atom is -0.480 e. The number of aromatic nitrogens is 5. The monoisotopic (exact) mass is 463 g/mol. The summed E-state index contributed by atoms with van der Waals surface area (Å²) in [6.07, 6.45) is 9.28. The molecule has 4 aromatic rings. The predicted octanol–water partition coefficient (Wildman–Crippen LogP) is 3.14. The van der Waals surface area contributed by atoms with Gasteiger partial charge in [0.1, 0.15) is 5.65 Å². The fraction of sp³-hybridized carbons (Fsp3) is 0.417. The van der Waals surface area contributed by atoms with Crippen LogP contribution in [0.5, 0.6) is 5.88 Å². The fourth-order valence-corrected chi connectivity index (χ4v) is 4.73. The van der Waals surface area contributed by atoms with Gasteiger partial charge in [-0.1, -0.05) is 6.92 Å². The molecule has 0 saturated heterocycles. The molecule has 178 valence electrons. The second-order valence-corrected chi connectivity index (χ2v) is 8.86. The average Bonchev–Trinajstić information content (AvgIpc) is 3.48. The van der Waals surface area contributed by atoms with Gasteiger partial charge in [0, 0.05) is 31.0 Å². The molecule has 0 aliphatic heterocycles. The van der Waals surface area contributed by atoms with Crippen LogP contribution in [0.4, 0.5) is 5.95 Å². The number of rotatable bonds is 6. The number of fused-ring (bicyclic) bond motifs is 2. The van der Waals surface area contributed by atoms with Crippen molar-refractivity contribution >= 4 is 28.4 Å². The first-order valence-corrected chi connectivity index (χ1v) is 11.6. The van der Waals surface area contributed by atoms with E-state index in [1.54, 1.807) is 24.9 Å². The van der Waals surface area contributed by atoms with Crippen molar-refractivity contribution in [1.29, 1.82) is 0 Å². The zero-order chi connectivity index (χ0) is 23.9. The molecule has 4 heterocycles. The molecular formula is C24H29N7O3. The van der Waals surface area contributed by atoms with E-state index in [1.807, 2.05) is 31.5 Å². The predicted molar refractivity (Wildman–Crippen MR) is 129 cm³/mol. The van der Waals surface area contributed by atoms with Gasteiger partial charge < -0.3 is 25.5 Å². The largest absolute Gasteiger partial charge is 0.480 e. The molecule has 0 unspecified atom stereocenters. The second kappa shape index (κ2) is 8.60. The van der Waals surface area contributed by atoms with Crippen molar-refractivity contribution in [2.75, 3.05) is 19.5 Å². The van der Waals surface area contributed by atoms with Crippen molar-refractivity contribution in [2.45, 2.75) is 50.7 Å². The van der Waals surface area contributed by atoms with E-state index in [0.29, 0.717) is 28.6 Å². The molecule has 0 atom stereocenters. The number of hydrogen-bond donors (Lipinski definition) is 4. The lowest BCUT2D eigenvalue weighted by atomic mass is 9.80. The first kappa shape index (κ1) is 22.1. The van der Waals surface area contributed by atoms with E-state index in [1.165, 1.54) is 0 Å². The fourth-order valence-electron chi connectivity index (χ4n) is 4.73. The van der Waals surface area contributed by atoms with Gasteiger partial charge in [0.25, 0.3) is 5.91 Å². The Bertz CT molecular complexity index is 1350. The Morgan fingerprint density at radius 3 is 2.85 bits per heavy atom. The van der Waals surface area contributed by atoms with Gasteiger partial charge in [0.2, 0.25) is 11.8 Å². The highest BCUT2D eigenvalue weighted by Crippen LogP contribution is 2.36. The van der Waals surface area contributed by atoms with Crippen LogP contribution in [0.25, 0.3) is 27.7 Å². The molecule has 5 rings (SSSR count). The smallest absolute Gasteiger partial charge is 0.254 e. The van der Waals surface area contributed by atoms with Crippen LogP contribution >= 0.6 is 0 Å². The van der Waals surface area contributed by atoms with Crippen molar-refractivity contribution in [3.05, 3.63) is 36.3 Å². The number of amides is 1. The number of pyridine rings is 1. The Hall–Kier alpha value is -3.66. The summed E-state index contributed by atoms with van der Waals surface area (Å²) in [5.74, 6) is 0.769. The standard InChI is InChI=1S/C24H29N7O3/c1-4-24(33)8-5-15(6-9-24)28-23-29-20-19(22(30-23)34-3)16(12-26-20)14-7-10-31-18(11-14)17(13-27-31)21(32)25-2/h7,10-13,15,33H,4-6,8-9H2,1-3H3,(H,25,32)(H2,26,28,29,30). The molecule has 1 fully saturated rings. The van der Waals surface area contributed by atoms with E-state index in [2.05, 4.69) is 25.7 Å². The molecule has 0 spiro atoms. The summed E-state index contributed by atoms with van der Waals surface area (Å²) in [6.45, 7) is 2.03. The maximum Gasteiger partial charge on any atom is 0.254 e. The number of hydrogen-bond acceptors (Lipinski definition) is 7. The van der Waals surface area contributed by atoms with Gasteiger partial charge in [-0.3, -0.25) is 4.79 Å². The zero-order valence-electron chi connectivity index (χ0n) is 19.6. The van der Waals surface area contributed by atoms with Crippen molar-refractivity contribution in [3.63, 3.8) is 0 Å². The van der Waals surface area contributed by atoms with Gasteiger partial charge in [-0.25, -0.2) is 4.52 Å². The second-order valence-electron chi connectivity index (χ2n) is 8.86. The van der Waals surface area contributed by atoms with E-state index < -0.39 is 5.60 Å². The summed E-state index contributed by atoms with van der Waals surface area (Å²) in [5, 5.41) is 21.6. The third-order valence-corrected chi connectivity index (χ3v) is 6.90. The first-order chi connectivity index (χ1) is 16.4. The van der Waals surface area contributed by atoms with Crippen LogP contribution < -0.4 is 15.4 Å². The van der Waals surface area contributed by atoms with Crippen LogP contribution in [0, 0.1) is 0 Å². The Balaban J connectivity index is 1.48. The molecule has 10 heteroatoms. The molecule has 0 aromatic carbocycles. The molecule has 1 amide bonds. The zero-order valence-corrected chi connectivity index (χ0v) is 19.6. The van der Waals surface area contributed by atoms with Crippen molar-refractivity contribution in [2.24, 2.45) is 0 Å². The number of carbonyl (C=O) groups is 1. The number of H-pyrrole nitrogens is 1. The van der Waals surface area contributed by atoms with E-state index >= 15 is 0 Å². The summed E-state index contributed by atoms with van der Waals surface area (Å²) >= 11 is 0. The normalized spacial score (nSPS) is 20.5. The Labute approximate surface area is 196 Å². The number of ether oxygens (including phenoxy) is 1. The van der Waals surface area contributed by atoms with Crippen LogP contribution in [0.15, 0.2) is 30.7 Å². The number of nitrogens with zero attached hydrogens (tertiary/aromatic N) is 4. The molecule has 0 radical (unpaired) electrons. The lowest BCUT2D eigenvalue weighted by Crippen LogP contribution is -2.38. The summed E-state index contributed by atoms with van der Waals surface area (Å²) in [5.41, 5.74) is 3.07. The van der Waals surface area contributed by atoms with Crippen LogP contribution in [0.2, 0.25) is 0 Å². The maximum atomic E-state index is 12.2. The summed E-state index contributed by atoms with van der Waals surface area (Å²) in [4.78, 5) is 24.8. The molecule has 34 heavy (non-hydrogen) atoms. The van der Waals surface area contributed by atoms with E-state index in [9.17, 15) is 9.90 Å². The van der Waals surface area contributed by atoms with Crippen molar-refractivity contribution in [3.8, 4) is 17.0 Å². The topological polar surface area (TPSA) is 129 Å². The quantitative estimate of drug-likeness (QED) is 0.346. The summed E-state index contributed by atoms with van der Waals surface area (Å²) in [7, 11) is 3.19. The molecule has 10 nitrogen and oxygen atoms in total. The summed E-state index contributed by atoms with van der Waals surface area (Å²) < 4.78 is 7.32. The van der Waals surface area contributed by atoms with Gasteiger partial charge in [0.05, 0.1) is 35.4 Å². The Morgan fingerprint density at radius 1 is 1.35 bits per heavy atom. The Kier molecular flexibility index (Phi) is 5.60. The van der Waals surface area contributed by atoms with Crippen LogP contribution in [0.1, 0.15) is 49.4 Å². The molecule has 0 bridgehead atoms. The number of methoxy groups -OCH3 is 1. The van der Waals surface area contributed by atoms with E-state index in [4.69, 9.17) is 9.72 Å². The highest BCUT2D eigenvalue weighted by molar-refractivity contribution is 6.02. The van der Waals surface area contributed by atoms with Crippen molar-refractivity contribution in [1.82, 2.24) is 29.9 Å². The van der Waals surface area contributed by atoms with E-state index in [0.717, 1.165) is 48.6 Å². The highest BCUT2D eigenvalue weighted by atomic mass is 16.5. The Morgan fingerprint density at radius 2 is 2.15 bits per heavy atom. The lowest BCUT2D eigenvalue weighted by Gasteiger charge is -2.35. The lowest BCUT2D eigenvalue weighted by molar-refractivity contribution is -0.00198. The van der Waals surface area contributed by atoms with Crippen molar-refractivity contribution < 1.29 is 14.6 Å². The average molecular weight is 464 g/mol. The molecule has 1 saturated carbocycles. The SMILES string of the molecule is CCC1(O)CCC(Nc2nc(OC)c3c(-c4ccn5ncc(C(=O)NC)c5c4)c[nH]c3n2)CC1. The molecule has 1 aliphatic rings. The first-order valence-electron chi connectivity index (χ1n) is 11.6. The third kappa shape index (κ3) is 3.83. The van der Waals surface area contributed by atoms with Gasteiger partial charge in [-0.2, -0.15) is 15.1 Å². The molecule has 1 aliphatic carbocycles. The molecular weight excluding hydrogens is 434 g/mol. The van der Waals surface area contributed by atoms with Crippen LogP contribution in [-0.2, 0) is 0 Å². The minimum absolute atomic E-state index is 0.192. The summed E-state index contributed by atoms with van der Waals surface area (Å²) in [6, 6.07) is 4.05. The minimum atomic E-state index is -0.552. The van der Waals surface area contributed by atoms with Gasteiger partial charge in [0.15, 0.2) is 0 Å². The van der Waals surface area contributed by atoms with Crippen LogP contribution in [-0.4, -0.2) is 61.4 Å². The van der Waals surface area contributed by atoms with E-state index in [-0.39, 0.29) is 11.9 Å². The number of nitrogens with one attached hydrogen (secondary N) is 3. The maximum absolute atomic E-state index is 12.2. The van der Waals surface area contributed by atoms with Gasteiger partial charge in [-0.05, 0) is 49.8 Å². The van der Waals surface area contributed by atoms with Crippen LogP contribution in [0.3, 0.4) is 0 Å². The number of aliphatic hydroxyl groups is 1.